The van der Waals surface area contributed by atoms with Gasteiger partial charge in [-0.25, -0.2) is 9.97 Å². The molecule has 0 amide bonds. The largest absolute Gasteiger partial charge is 0.494 e. The highest BCUT2D eigenvalue weighted by molar-refractivity contribution is 6.33. The molecule has 82 valence electrons. The lowest BCUT2D eigenvalue weighted by Crippen LogP contribution is -1.93. The summed E-state index contributed by atoms with van der Waals surface area (Å²) in [5.41, 5.74) is 7.02. The van der Waals surface area contributed by atoms with Gasteiger partial charge in [0.1, 0.15) is 0 Å². The maximum atomic E-state index is 6.04. The van der Waals surface area contributed by atoms with Crippen LogP contribution in [0.2, 0.25) is 5.02 Å². The molecule has 0 unspecified atom stereocenters. The average Bonchev–Trinajstić information content (AvgIpc) is 2.32. The molecule has 1 heterocycles. The first-order chi connectivity index (χ1) is 7.70. The van der Waals surface area contributed by atoms with Crippen LogP contribution in [0.4, 0.5) is 5.69 Å². The van der Waals surface area contributed by atoms with Gasteiger partial charge in [0.25, 0.3) is 0 Å². The molecule has 0 aliphatic heterocycles. The van der Waals surface area contributed by atoms with Crippen molar-refractivity contribution in [3.8, 4) is 17.1 Å². The summed E-state index contributed by atoms with van der Waals surface area (Å²) in [5.74, 6) is 1.13. The SMILES string of the molecule is COc1cnc(-c2cc(N)ccc2Cl)nc1. The molecule has 0 radical (unpaired) electrons. The molecule has 5 heteroatoms. The molecule has 0 saturated heterocycles. The minimum absolute atomic E-state index is 0.526. The quantitative estimate of drug-likeness (QED) is 0.812. The van der Waals surface area contributed by atoms with Gasteiger partial charge in [0.15, 0.2) is 11.6 Å². The lowest BCUT2D eigenvalue weighted by molar-refractivity contribution is 0.411. The van der Waals surface area contributed by atoms with E-state index >= 15 is 0 Å². The zero-order chi connectivity index (χ0) is 11.5. The highest BCUT2D eigenvalue weighted by Crippen LogP contribution is 2.27. The van der Waals surface area contributed by atoms with Crippen LogP contribution in [0, 0.1) is 0 Å². The van der Waals surface area contributed by atoms with Crippen molar-refractivity contribution in [3.63, 3.8) is 0 Å². The van der Waals surface area contributed by atoms with Gasteiger partial charge in [-0.05, 0) is 18.2 Å². The maximum Gasteiger partial charge on any atom is 0.160 e. The monoisotopic (exact) mass is 235 g/mol. The topological polar surface area (TPSA) is 61.0 Å². The molecule has 0 aliphatic carbocycles. The fraction of sp³-hybridized carbons (Fsp3) is 0.0909. The van der Waals surface area contributed by atoms with Crippen LogP contribution >= 0.6 is 11.6 Å². The first kappa shape index (κ1) is 10.7. The molecule has 1 aromatic carbocycles. The number of nitrogen functional groups attached to an aromatic ring is 1. The Morgan fingerprint density at radius 3 is 2.56 bits per heavy atom. The van der Waals surface area contributed by atoms with E-state index in [4.69, 9.17) is 22.1 Å². The minimum Gasteiger partial charge on any atom is -0.494 e. The van der Waals surface area contributed by atoms with Gasteiger partial charge < -0.3 is 10.5 Å². The van der Waals surface area contributed by atoms with E-state index in [1.54, 1.807) is 37.7 Å². The molecule has 2 rings (SSSR count). The van der Waals surface area contributed by atoms with Crippen molar-refractivity contribution in [3.05, 3.63) is 35.6 Å². The minimum atomic E-state index is 0.526. The number of benzene rings is 1. The number of anilines is 1. The fourth-order valence-electron chi connectivity index (χ4n) is 1.27. The van der Waals surface area contributed by atoms with Crippen LogP contribution in [0.15, 0.2) is 30.6 Å². The summed E-state index contributed by atoms with van der Waals surface area (Å²) in [6.07, 6.45) is 3.17. The molecule has 2 N–H and O–H groups in total. The zero-order valence-electron chi connectivity index (χ0n) is 8.64. The third-order valence-electron chi connectivity index (χ3n) is 2.10. The Kier molecular flexibility index (Phi) is 2.92. The molecule has 1 aromatic heterocycles. The van der Waals surface area contributed by atoms with Crippen LogP contribution in [0.3, 0.4) is 0 Å². The van der Waals surface area contributed by atoms with Crippen LogP contribution in [0.1, 0.15) is 0 Å². The summed E-state index contributed by atoms with van der Waals surface area (Å²) in [6.45, 7) is 0. The molecule has 0 spiro atoms. The Morgan fingerprint density at radius 2 is 1.94 bits per heavy atom. The van der Waals surface area contributed by atoms with E-state index in [1.165, 1.54) is 0 Å². The number of aromatic nitrogens is 2. The summed E-state index contributed by atoms with van der Waals surface area (Å²) in [4.78, 5) is 8.29. The second kappa shape index (κ2) is 4.37. The molecule has 0 bridgehead atoms. The lowest BCUT2D eigenvalue weighted by Gasteiger charge is -2.04. The van der Waals surface area contributed by atoms with Crippen molar-refractivity contribution < 1.29 is 4.74 Å². The normalized spacial score (nSPS) is 10.1. The number of halogens is 1. The predicted molar refractivity (Wildman–Crippen MR) is 63.4 cm³/mol. The predicted octanol–water partition coefficient (Wildman–Crippen LogP) is 2.39. The van der Waals surface area contributed by atoms with Crippen molar-refractivity contribution in [1.82, 2.24) is 9.97 Å². The van der Waals surface area contributed by atoms with E-state index in [0.717, 1.165) is 0 Å². The summed E-state index contributed by atoms with van der Waals surface area (Å²) in [7, 11) is 1.56. The van der Waals surface area contributed by atoms with Crippen LogP contribution < -0.4 is 10.5 Å². The van der Waals surface area contributed by atoms with Crippen molar-refractivity contribution in [1.29, 1.82) is 0 Å². The van der Waals surface area contributed by atoms with Gasteiger partial charge in [-0.3, -0.25) is 0 Å². The van der Waals surface area contributed by atoms with Crippen molar-refractivity contribution in [2.75, 3.05) is 12.8 Å². The Morgan fingerprint density at radius 1 is 1.25 bits per heavy atom. The number of rotatable bonds is 2. The van der Waals surface area contributed by atoms with Crippen molar-refractivity contribution in [2.45, 2.75) is 0 Å². The fourth-order valence-corrected chi connectivity index (χ4v) is 1.48. The van der Waals surface area contributed by atoms with E-state index in [0.29, 0.717) is 27.8 Å². The lowest BCUT2D eigenvalue weighted by atomic mass is 10.2. The Labute approximate surface area is 98.0 Å². The van der Waals surface area contributed by atoms with Crippen LogP contribution in [0.5, 0.6) is 5.75 Å². The van der Waals surface area contributed by atoms with E-state index < -0.39 is 0 Å². The van der Waals surface area contributed by atoms with E-state index in [2.05, 4.69) is 9.97 Å². The molecule has 4 nitrogen and oxygen atoms in total. The number of nitrogens with two attached hydrogens (primary N) is 1. The smallest absolute Gasteiger partial charge is 0.160 e. The van der Waals surface area contributed by atoms with Crippen LogP contribution in [-0.4, -0.2) is 17.1 Å². The van der Waals surface area contributed by atoms with Gasteiger partial charge in [0, 0.05) is 11.3 Å². The van der Waals surface area contributed by atoms with Gasteiger partial charge in [-0.2, -0.15) is 0 Å². The van der Waals surface area contributed by atoms with E-state index in [1.807, 2.05) is 0 Å². The molecule has 2 aromatic rings. The summed E-state index contributed by atoms with van der Waals surface area (Å²) >= 11 is 6.04. The van der Waals surface area contributed by atoms with Crippen LogP contribution in [-0.2, 0) is 0 Å². The number of nitrogens with zero attached hydrogens (tertiary/aromatic N) is 2. The second-order valence-electron chi connectivity index (χ2n) is 3.19. The third-order valence-corrected chi connectivity index (χ3v) is 2.42. The second-order valence-corrected chi connectivity index (χ2v) is 3.59. The van der Waals surface area contributed by atoms with Gasteiger partial charge >= 0.3 is 0 Å². The van der Waals surface area contributed by atoms with Gasteiger partial charge in [-0.15, -0.1) is 0 Å². The standard InChI is InChI=1S/C11H10ClN3O/c1-16-8-5-14-11(15-6-8)9-4-7(13)2-3-10(9)12/h2-6H,13H2,1H3. The average molecular weight is 236 g/mol. The van der Waals surface area contributed by atoms with Gasteiger partial charge in [0.05, 0.1) is 24.5 Å². The number of methoxy groups -OCH3 is 1. The van der Waals surface area contributed by atoms with Crippen molar-refractivity contribution >= 4 is 17.3 Å². The van der Waals surface area contributed by atoms with E-state index in [-0.39, 0.29) is 0 Å². The summed E-state index contributed by atoms with van der Waals surface area (Å²) in [6, 6.07) is 5.19. The maximum absolute atomic E-state index is 6.04. The highest BCUT2D eigenvalue weighted by Gasteiger charge is 2.06. The van der Waals surface area contributed by atoms with E-state index in [9.17, 15) is 0 Å². The number of hydrogen-bond donors (Lipinski definition) is 1. The van der Waals surface area contributed by atoms with Gasteiger partial charge in [0.2, 0.25) is 0 Å². The Balaban J connectivity index is 2.45. The molecule has 16 heavy (non-hydrogen) atoms. The number of hydrogen-bond acceptors (Lipinski definition) is 4. The first-order valence-electron chi connectivity index (χ1n) is 4.62. The molecule has 0 aliphatic rings. The van der Waals surface area contributed by atoms with Gasteiger partial charge in [-0.1, -0.05) is 11.6 Å². The molecular weight excluding hydrogens is 226 g/mol. The highest BCUT2D eigenvalue weighted by atomic mass is 35.5. The zero-order valence-corrected chi connectivity index (χ0v) is 9.40. The van der Waals surface area contributed by atoms with Crippen LogP contribution in [0.25, 0.3) is 11.4 Å². The molecular formula is C11H10ClN3O. The Bertz CT molecular complexity index is 499. The third kappa shape index (κ3) is 2.06. The Hall–Kier alpha value is -1.81. The summed E-state index contributed by atoms with van der Waals surface area (Å²) in [5, 5.41) is 0.569. The first-order valence-corrected chi connectivity index (χ1v) is 5.00. The summed E-state index contributed by atoms with van der Waals surface area (Å²) < 4.78 is 4.98. The molecule has 0 saturated carbocycles. The molecule has 0 fully saturated rings. The number of ether oxygens (including phenoxy) is 1. The van der Waals surface area contributed by atoms with Crippen molar-refractivity contribution in [2.24, 2.45) is 0 Å². The molecule has 0 atom stereocenters.